The van der Waals surface area contributed by atoms with Crippen molar-refractivity contribution < 1.29 is 9.47 Å². The average Bonchev–Trinajstić information content (AvgIpc) is 3.12. The summed E-state index contributed by atoms with van der Waals surface area (Å²) in [6, 6.07) is 13.0. The molecule has 2 aromatic carbocycles. The Bertz CT molecular complexity index is 686. The van der Waals surface area contributed by atoms with Gasteiger partial charge in [-0.2, -0.15) is 0 Å². The Morgan fingerprint density at radius 3 is 3.05 bits per heavy atom. The number of hydrogen-bond donors (Lipinski definition) is 1. The van der Waals surface area contributed by atoms with Crippen LogP contribution in [0.25, 0.3) is 0 Å². The SMILES string of the molecule is Clc1cc(CNC2CCc3ccccc32)cc2c1OCO2. The van der Waals surface area contributed by atoms with E-state index in [0.29, 0.717) is 16.8 Å². The maximum atomic E-state index is 6.22. The quantitative estimate of drug-likeness (QED) is 0.934. The second kappa shape index (κ2) is 5.24. The van der Waals surface area contributed by atoms with Gasteiger partial charge in [-0.3, -0.25) is 0 Å². The van der Waals surface area contributed by atoms with Gasteiger partial charge >= 0.3 is 0 Å². The number of nitrogens with one attached hydrogen (secondary N) is 1. The van der Waals surface area contributed by atoms with Crippen molar-refractivity contribution in [1.82, 2.24) is 5.32 Å². The standard InChI is InChI=1S/C17H16ClNO2/c18-14-7-11(8-16-17(14)21-10-20-16)9-19-15-6-5-12-3-1-2-4-13(12)15/h1-4,7-8,15,19H,5-6,9-10H2. The van der Waals surface area contributed by atoms with Gasteiger partial charge in [0.25, 0.3) is 0 Å². The van der Waals surface area contributed by atoms with Gasteiger partial charge in [0.05, 0.1) is 5.02 Å². The van der Waals surface area contributed by atoms with Crippen molar-refractivity contribution in [2.45, 2.75) is 25.4 Å². The first-order valence-corrected chi connectivity index (χ1v) is 7.58. The zero-order valence-electron chi connectivity index (χ0n) is 11.6. The van der Waals surface area contributed by atoms with Gasteiger partial charge in [-0.15, -0.1) is 0 Å². The summed E-state index contributed by atoms with van der Waals surface area (Å²) in [5, 5.41) is 4.24. The molecule has 0 amide bonds. The third kappa shape index (κ3) is 2.37. The highest BCUT2D eigenvalue weighted by Crippen LogP contribution is 2.40. The Kier molecular flexibility index (Phi) is 3.24. The van der Waals surface area contributed by atoms with E-state index in [9.17, 15) is 0 Å². The van der Waals surface area contributed by atoms with Crippen LogP contribution in [-0.2, 0) is 13.0 Å². The zero-order chi connectivity index (χ0) is 14.2. The molecule has 4 heteroatoms. The number of ether oxygens (including phenoxy) is 2. The van der Waals surface area contributed by atoms with E-state index in [1.165, 1.54) is 11.1 Å². The predicted molar refractivity (Wildman–Crippen MR) is 81.9 cm³/mol. The van der Waals surface area contributed by atoms with Crippen molar-refractivity contribution in [3.8, 4) is 11.5 Å². The molecule has 0 spiro atoms. The summed E-state index contributed by atoms with van der Waals surface area (Å²) in [7, 11) is 0. The smallest absolute Gasteiger partial charge is 0.231 e. The molecule has 1 atom stereocenters. The Morgan fingerprint density at radius 2 is 2.10 bits per heavy atom. The van der Waals surface area contributed by atoms with Crippen molar-refractivity contribution in [2.75, 3.05) is 6.79 Å². The second-order valence-corrected chi connectivity index (χ2v) is 5.89. The van der Waals surface area contributed by atoms with Gasteiger partial charge in [0.1, 0.15) is 0 Å². The van der Waals surface area contributed by atoms with Gasteiger partial charge in [-0.1, -0.05) is 35.9 Å². The summed E-state index contributed by atoms with van der Waals surface area (Å²) < 4.78 is 10.7. The molecule has 4 rings (SSSR count). The Balaban J connectivity index is 1.50. The maximum Gasteiger partial charge on any atom is 0.231 e. The summed E-state index contributed by atoms with van der Waals surface area (Å²) in [5.74, 6) is 1.40. The molecular formula is C17H16ClNO2. The van der Waals surface area contributed by atoms with Gasteiger partial charge in [0.15, 0.2) is 11.5 Å². The van der Waals surface area contributed by atoms with Crippen LogP contribution in [0.4, 0.5) is 0 Å². The molecule has 108 valence electrons. The molecule has 1 aliphatic heterocycles. The number of hydrogen-bond acceptors (Lipinski definition) is 3. The molecule has 2 aliphatic rings. The Hall–Kier alpha value is -1.71. The van der Waals surface area contributed by atoms with E-state index in [2.05, 4.69) is 29.6 Å². The Labute approximate surface area is 128 Å². The molecule has 1 aliphatic carbocycles. The molecule has 1 N–H and O–H groups in total. The van der Waals surface area contributed by atoms with E-state index in [0.717, 1.165) is 30.7 Å². The molecule has 0 radical (unpaired) electrons. The van der Waals surface area contributed by atoms with Crippen LogP contribution in [0, 0.1) is 0 Å². The number of fused-ring (bicyclic) bond motifs is 2. The molecule has 2 aromatic rings. The van der Waals surface area contributed by atoms with Crippen molar-refractivity contribution in [1.29, 1.82) is 0 Å². The maximum absolute atomic E-state index is 6.22. The molecule has 1 heterocycles. The van der Waals surface area contributed by atoms with Crippen molar-refractivity contribution >= 4 is 11.6 Å². The van der Waals surface area contributed by atoms with E-state index in [1.54, 1.807) is 0 Å². The second-order valence-electron chi connectivity index (χ2n) is 5.48. The molecule has 0 saturated heterocycles. The van der Waals surface area contributed by atoms with Crippen LogP contribution in [0.15, 0.2) is 36.4 Å². The molecule has 0 aromatic heterocycles. The van der Waals surface area contributed by atoms with Crippen LogP contribution < -0.4 is 14.8 Å². The van der Waals surface area contributed by atoms with Crippen molar-refractivity contribution in [2.24, 2.45) is 0 Å². The minimum Gasteiger partial charge on any atom is -0.454 e. The van der Waals surface area contributed by atoms with E-state index >= 15 is 0 Å². The number of benzene rings is 2. The first kappa shape index (κ1) is 13.0. The number of rotatable bonds is 3. The fraction of sp³-hybridized carbons (Fsp3) is 0.294. The minimum absolute atomic E-state index is 0.252. The fourth-order valence-electron chi connectivity index (χ4n) is 3.13. The summed E-state index contributed by atoms with van der Waals surface area (Å²) in [6.07, 6.45) is 2.30. The van der Waals surface area contributed by atoms with Crippen molar-refractivity contribution in [3.63, 3.8) is 0 Å². The monoisotopic (exact) mass is 301 g/mol. The largest absolute Gasteiger partial charge is 0.454 e. The summed E-state index contributed by atoms with van der Waals surface area (Å²) >= 11 is 6.22. The average molecular weight is 302 g/mol. The number of halogens is 1. The van der Waals surface area contributed by atoms with E-state index in [1.807, 2.05) is 12.1 Å². The molecule has 0 saturated carbocycles. The molecule has 3 nitrogen and oxygen atoms in total. The summed E-state index contributed by atoms with van der Waals surface area (Å²) in [4.78, 5) is 0. The van der Waals surface area contributed by atoms with Gasteiger partial charge < -0.3 is 14.8 Å². The lowest BCUT2D eigenvalue weighted by molar-refractivity contribution is 0.174. The van der Waals surface area contributed by atoms with E-state index < -0.39 is 0 Å². The lowest BCUT2D eigenvalue weighted by atomic mass is 10.1. The minimum atomic E-state index is 0.252. The predicted octanol–water partition coefficient (Wildman–Crippen LogP) is 3.85. The highest BCUT2D eigenvalue weighted by Gasteiger charge is 2.22. The normalized spacial score (nSPS) is 18.8. The summed E-state index contributed by atoms with van der Waals surface area (Å²) in [6.45, 7) is 1.03. The highest BCUT2D eigenvalue weighted by molar-refractivity contribution is 6.32. The van der Waals surface area contributed by atoms with Gasteiger partial charge in [-0.05, 0) is 41.7 Å². The molecular weight excluding hydrogens is 286 g/mol. The van der Waals surface area contributed by atoms with Crippen LogP contribution in [-0.4, -0.2) is 6.79 Å². The van der Waals surface area contributed by atoms with Crippen LogP contribution in [0.1, 0.15) is 29.2 Å². The van der Waals surface area contributed by atoms with Gasteiger partial charge in [-0.25, -0.2) is 0 Å². The van der Waals surface area contributed by atoms with Gasteiger partial charge in [0.2, 0.25) is 6.79 Å². The van der Waals surface area contributed by atoms with Gasteiger partial charge in [0, 0.05) is 12.6 Å². The molecule has 1 unspecified atom stereocenters. The lowest BCUT2D eigenvalue weighted by Crippen LogP contribution is -2.18. The molecule has 21 heavy (non-hydrogen) atoms. The zero-order valence-corrected chi connectivity index (χ0v) is 12.3. The third-order valence-electron chi connectivity index (χ3n) is 4.17. The van der Waals surface area contributed by atoms with Crippen molar-refractivity contribution in [3.05, 3.63) is 58.1 Å². The molecule has 0 bridgehead atoms. The topological polar surface area (TPSA) is 30.5 Å². The lowest BCUT2D eigenvalue weighted by Gasteiger charge is -2.14. The van der Waals surface area contributed by atoms with Crippen LogP contribution in [0.2, 0.25) is 5.02 Å². The van der Waals surface area contributed by atoms with E-state index in [4.69, 9.17) is 21.1 Å². The third-order valence-corrected chi connectivity index (χ3v) is 4.45. The fourth-order valence-corrected chi connectivity index (χ4v) is 3.42. The van der Waals surface area contributed by atoms with Crippen LogP contribution >= 0.6 is 11.6 Å². The summed E-state index contributed by atoms with van der Waals surface area (Å²) in [5.41, 5.74) is 4.00. The molecule has 0 fully saturated rings. The van der Waals surface area contributed by atoms with Crippen LogP contribution in [0.3, 0.4) is 0 Å². The Morgan fingerprint density at radius 1 is 1.19 bits per heavy atom. The van der Waals surface area contributed by atoms with E-state index in [-0.39, 0.29) is 6.79 Å². The number of aryl methyl sites for hydroxylation is 1. The van der Waals surface area contributed by atoms with Crippen LogP contribution in [0.5, 0.6) is 11.5 Å². The highest BCUT2D eigenvalue weighted by atomic mass is 35.5. The first-order valence-electron chi connectivity index (χ1n) is 7.20. The first-order chi connectivity index (χ1) is 10.3.